The van der Waals surface area contributed by atoms with Crippen LogP contribution in [0.2, 0.25) is 20.4 Å². The number of nitrogen functional groups attached to an aromatic ring is 1. The number of benzene rings is 3. The predicted octanol–water partition coefficient (Wildman–Crippen LogP) is 20.9. The molecule has 0 spiro atoms. The molecule has 0 bridgehead atoms. The number of halogens is 13. The topological polar surface area (TPSA) is 342 Å². The number of ether oxygens (including phenoxy) is 2. The fourth-order valence-corrected chi connectivity index (χ4v) is 643. The van der Waals surface area contributed by atoms with Crippen molar-refractivity contribution in [2.45, 2.75) is 214 Å². The Balaban J connectivity index is 0.000000256. The molecule has 9 heterocycles. The summed E-state index contributed by atoms with van der Waals surface area (Å²) >= 11 is 39.3. The van der Waals surface area contributed by atoms with Gasteiger partial charge in [0.05, 0.1) is 68.0 Å². The molecule has 3 aliphatic heterocycles. The average molecular weight is 2800 g/mol. The van der Waals surface area contributed by atoms with E-state index in [1.165, 1.54) is 11.9 Å². The van der Waals surface area contributed by atoms with E-state index in [1.807, 2.05) is 153 Å². The fraction of sp³-hybridized carbons (Fsp3) is 0.438. The number of piperidine rings is 3. The number of carbonyl (C=O) groups excluding carboxylic acids is 5. The van der Waals surface area contributed by atoms with Gasteiger partial charge in [0, 0.05) is 98.6 Å². The average Bonchev–Trinajstić information content (AvgIpc) is 0.837. The molecule has 0 radical (unpaired) electrons. The molecule has 23 nitrogen and oxygen atoms in total. The zero-order valence-corrected chi connectivity index (χ0v) is 92.4. The van der Waals surface area contributed by atoms with Crippen molar-refractivity contribution in [3.8, 4) is 0 Å². The van der Waals surface area contributed by atoms with Crippen LogP contribution in [0.15, 0.2) is 146 Å². The van der Waals surface area contributed by atoms with Crippen LogP contribution in [0.5, 0.6) is 0 Å². The number of hydrogen-bond donors (Lipinski definition) is 5. The van der Waals surface area contributed by atoms with Crippen molar-refractivity contribution in [1.29, 1.82) is 0 Å². The van der Waals surface area contributed by atoms with Gasteiger partial charge in [-0.3, -0.25) is 29.3 Å². The van der Waals surface area contributed by atoms with Crippen molar-refractivity contribution in [3.63, 3.8) is 0 Å². The second-order valence-corrected chi connectivity index (χ2v) is 196. The molecule has 6 aromatic heterocycles. The van der Waals surface area contributed by atoms with E-state index in [-0.39, 0.29) is 91.5 Å². The zero-order chi connectivity index (χ0) is 89.7. The van der Waals surface area contributed by atoms with Gasteiger partial charge in [0.1, 0.15) is 22.9 Å². The fourth-order valence-electron chi connectivity index (χ4n) is 13.9. The van der Waals surface area contributed by atoms with Crippen LogP contribution in [0.25, 0.3) is 0 Å². The van der Waals surface area contributed by atoms with Crippen LogP contribution in [0.1, 0.15) is 242 Å². The Labute approximate surface area is 826 Å². The number of primary amides is 3. The van der Waals surface area contributed by atoms with Crippen molar-refractivity contribution < 1.29 is 46.7 Å². The molecular formula is C89H114Cl4I9N16O7-. The van der Waals surface area contributed by atoms with Crippen molar-refractivity contribution >= 4 is 199 Å². The molecule has 125 heavy (non-hydrogen) atoms. The molecule has 9 N–H and O–H groups in total. The monoisotopic (exact) mass is 2800 g/mol. The number of likely N-dealkylation sites (tertiary alicyclic amines) is 2. The summed E-state index contributed by atoms with van der Waals surface area (Å²) in [6, 6.07) is 35.7. The summed E-state index contributed by atoms with van der Waals surface area (Å²) in [5.41, 5.74) is 35.5. The minimum atomic E-state index is -0.490. The Morgan fingerprint density at radius 2 is 0.808 bits per heavy atom. The van der Waals surface area contributed by atoms with Gasteiger partial charge in [-0.25, -0.2) is 39.5 Å². The molecule has 3 aromatic carbocycles. The number of amides is 5. The van der Waals surface area contributed by atoms with Gasteiger partial charge >= 0.3 is 142 Å². The molecule has 3 atom stereocenters. The van der Waals surface area contributed by atoms with Gasteiger partial charge in [0.2, 0.25) is 23.0 Å². The Hall–Kier alpha value is -3.21. The van der Waals surface area contributed by atoms with E-state index < -0.39 is 11.2 Å². The Bertz CT molecular complexity index is 4920. The van der Waals surface area contributed by atoms with Gasteiger partial charge in [0.15, 0.2) is 0 Å². The van der Waals surface area contributed by atoms with Crippen LogP contribution >= 0.6 is 163 Å². The molecule has 5 amide bonds. The van der Waals surface area contributed by atoms with Gasteiger partial charge < -0.3 is 47.5 Å². The number of rotatable bonds is 25. The van der Waals surface area contributed by atoms with Crippen LogP contribution < -0.4 is 41.5 Å². The minimum absolute atomic E-state index is 0. The van der Waals surface area contributed by atoms with E-state index in [0.29, 0.717) is 134 Å². The number of anilines is 1. The number of pyridine rings is 3. The summed E-state index contributed by atoms with van der Waals surface area (Å²) in [4.78, 5) is 103. The number of nitrogens with two attached hydrogens (primary N) is 4. The van der Waals surface area contributed by atoms with Crippen molar-refractivity contribution in [2.75, 3.05) is 45.0 Å². The molecule has 12 rings (SSSR count). The van der Waals surface area contributed by atoms with E-state index in [1.54, 1.807) is 35.3 Å². The van der Waals surface area contributed by atoms with Crippen LogP contribution in [0, 0.1) is 0 Å². The number of hydrogen-bond acceptors (Lipinski definition) is 18. The van der Waals surface area contributed by atoms with Crippen LogP contribution in [-0.4, -0.2) is 135 Å². The number of aryl methyl sites for hydroxylation is 6. The number of carbonyl (C=O) groups is 5. The second-order valence-electron chi connectivity index (χ2n) is 31.7. The van der Waals surface area contributed by atoms with Gasteiger partial charge in [-0.1, -0.05) is 135 Å². The van der Waals surface area contributed by atoms with Gasteiger partial charge in [-0.05, 0) is 233 Å². The van der Waals surface area contributed by atoms with Gasteiger partial charge in [-0.2, -0.15) is 0 Å². The maximum absolute atomic E-state index is 12.4. The first-order valence-corrected chi connectivity index (χ1v) is 91.9. The third-order valence-corrected chi connectivity index (χ3v) is 435. The van der Waals surface area contributed by atoms with E-state index in [4.69, 9.17) is 98.7 Å². The van der Waals surface area contributed by atoms with E-state index in [0.717, 1.165) is 131 Å². The molecule has 9 aromatic rings. The first-order valence-electron chi connectivity index (χ1n) is 40.1. The second kappa shape index (κ2) is 55.5. The Morgan fingerprint density at radius 1 is 0.472 bits per heavy atom. The number of nitrogens with zero attached hydrogens (tertiary/aromatic N) is 11. The molecular weight excluding hydrogens is 2690 g/mol. The molecule has 3 saturated heterocycles. The van der Waals surface area contributed by atoms with Gasteiger partial charge in [0.25, 0.3) is 0 Å². The van der Waals surface area contributed by atoms with E-state index in [9.17, 15) is 24.0 Å². The molecule has 0 saturated carbocycles. The third-order valence-electron chi connectivity index (χ3n) is 20.6. The molecule has 0 aliphatic carbocycles. The van der Waals surface area contributed by atoms with Crippen LogP contribution in [-0.2, 0) is 75.2 Å². The number of aromatic nitrogens is 9. The van der Waals surface area contributed by atoms with Crippen molar-refractivity contribution in [1.82, 2.24) is 60.0 Å². The third kappa shape index (κ3) is 37.3. The maximum atomic E-state index is 12.4. The SMILES string of the molecule is C.C.CC(C(N)=O)c1ccccc1CCc1nc(Cc2ccc(C3CCN(C(=O)OC(C)(C)C)CC3)nc2)ncc1Cl.CC(C(N)=O)c1ccccc1CCc1nc(Cc2ccc(C3CCNCC3)nc2)ncc1Cl.CC(C(N)=O)c1ccccc1CCc1nc(Cl)ncc1Cl.CC(C)(C)OC(=O)N1CCC(c2ccc(N)cn2)CC1.I[I-]I(I)I(I)I(I)I. The molecule has 36 heteroatoms. The molecule has 3 fully saturated rings. The Morgan fingerprint density at radius 3 is 1.12 bits per heavy atom. The first kappa shape index (κ1) is 111. The summed E-state index contributed by atoms with van der Waals surface area (Å²) in [6.07, 6.45) is 20.8. The van der Waals surface area contributed by atoms with Crippen molar-refractivity contribution in [2.24, 2.45) is 17.2 Å². The van der Waals surface area contributed by atoms with Crippen molar-refractivity contribution in [3.05, 3.63) is 257 Å². The number of nitrogens with one attached hydrogen (secondary N) is 1. The van der Waals surface area contributed by atoms with E-state index >= 15 is 0 Å². The van der Waals surface area contributed by atoms with Gasteiger partial charge in [-0.15, -0.1) is 0 Å². The first-order chi connectivity index (χ1) is 58.4. The predicted molar refractivity (Wildman–Crippen MR) is 573 cm³/mol. The zero-order valence-electron chi connectivity index (χ0n) is 70.0. The summed E-state index contributed by atoms with van der Waals surface area (Å²) in [5.74, 6) is 0.613. The summed E-state index contributed by atoms with van der Waals surface area (Å²) in [7, 11) is -0.795. The van der Waals surface area contributed by atoms with E-state index in [2.05, 4.69) is 148 Å². The quantitative estimate of drug-likeness (QED) is 0.0262. The summed E-state index contributed by atoms with van der Waals surface area (Å²) < 4.78 is 10.9. The molecule has 684 valence electrons. The normalized spacial score (nSPS) is 14.8. The Kier molecular flexibility index (Phi) is 49.0. The molecule has 3 unspecified atom stereocenters. The summed E-state index contributed by atoms with van der Waals surface area (Å²) in [5, 5.41) is 5.13. The van der Waals surface area contributed by atoms with Crippen LogP contribution in [0.4, 0.5) is 15.3 Å². The summed E-state index contributed by atoms with van der Waals surface area (Å²) in [6.45, 7) is 21.6. The standard InChI is InChI=1S/C31H38ClN5O3.C26H30ClN5O.C15H15Cl2N3O.C15H23N3O2.2CH4.I9/c1-20(29(33)38)24-8-6-5-7-22(24)10-12-27-25(32)19-35-28(36-27)17-21-9-11-26(34-18-21)23-13-15-37(16-14-23)30(39)40-31(2,3)4;1-17(26(28)33)21-5-3-2-4-19(21)7-9-24-22(27)16-31-25(32-24)14-18-6-8-23(30-15-18)20-10-12-29-13-11-20;1-9(14(18)21)11-5-3-2-4-10(11)6-7-13-12(16)8-19-15(17)20-13;1-15(2,3)20-14(19)18-8-6-11(7-9-18)13-5-4-12(16)10-17-13;;;1-6-8(4)9(5)7(2)3/h5-9,11,18-20,23H,10,12-17H2,1-4H3,(H2,33,38);2-6,8,15-17,20,29H,7,9-14H2,1H3,(H2,28,33);2-5,8-9H,6-7H2,1H3,(H2,18,21);4-5,10-11H,6-9,16H2,1-3H3;2*1H4;/q;;;;;;-1. The molecule has 3 aliphatic rings. The van der Waals surface area contributed by atoms with Crippen LogP contribution in [0.3, 0.4) is 0 Å².